The van der Waals surface area contributed by atoms with Crippen molar-refractivity contribution in [2.24, 2.45) is 11.7 Å². The molecule has 0 aromatic carbocycles. The van der Waals surface area contributed by atoms with E-state index in [0.29, 0.717) is 19.0 Å². The molecule has 17 heavy (non-hydrogen) atoms. The summed E-state index contributed by atoms with van der Waals surface area (Å²) in [6, 6.07) is 0. The quantitative estimate of drug-likeness (QED) is 0.702. The number of morpholine rings is 1. The number of rotatable bonds is 5. The Kier molecular flexibility index (Phi) is 5.88. The highest BCUT2D eigenvalue weighted by molar-refractivity contribution is 5.78. The van der Waals surface area contributed by atoms with Crippen LogP contribution >= 0.6 is 0 Å². The zero-order valence-electron chi connectivity index (χ0n) is 11.1. The molecule has 0 aromatic heterocycles. The fourth-order valence-corrected chi connectivity index (χ4v) is 1.98. The van der Waals surface area contributed by atoms with Gasteiger partial charge in [-0.1, -0.05) is 13.8 Å². The van der Waals surface area contributed by atoms with Crippen LogP contribution in [0, 0.1) is 5.92 Å². The minimum absolute atomic E-state index is 0.0525. The molecule has 2 unspecified atom stereocenters. The number of hydrogen-bond acceptors (Lipinski definition) is 4. The van der Waals surface area contributed by atoms with E-state index < -0.39 is 0 Å². The Bertz CT molecular complexity index is 246. The van der Waals surface area contributed by atoms with Gasteiger partial charge < -0.3 is 15.8 Å². The van der Waals surface area contributed by atoms with Gasteiger partial charge in [0.25, 0.3) is 0 Å². The van der Waals surface area contributed by atoms with Crippen LogP contribution < -0.4 is 11.1 Å². The van der Waals surface area contributed by atoms with E-state index in [1.54, 1.807) is 0 Å². The number of nitrogens with one attached hydrogen (secondary N) is 1. The molecule has 2 atom stereocenters. The average molecular weight is 243 g/mol. The molecule has 1 aliphatic rings. The van der Waals surface area contributed by atoms with E-state index in [0.717, 1.165) is 19.6 Å². The molecule has 0 radical (unpaired) electrons. The summed E-state index contributed by atoms with van der Waals surface area (Å²) >= 11 is 0. The first-order valence-electron chi connectivity index (χ1n) is 6.35. The first-order valence-corrected chi connectivity index (χ1v) is 6.35. The largest absolute Gasteiger partial charge is 0.371 e. The van der Waals surface area contributed by atoms with Crippen molar-refractivity contribution in [1.82, 2.24) is 10.2 Å². The average Bonchev–Trinajstić information content (AvgIpc) is 2.25. The lowest BCUT2D eigenvalue weighted by atomic mass is 10.2. The van der Waals surface area contributed by atoms with Gasteiger partial charge >= 0.3 is 0 Å². The summed E-state index contributed by atoms with van der Waals surface area (Å²) in [4.78, 5) is 13.8. The maximum absolute atomic E-state index is 11.7. The third-order valence-electron chi connectivity index (χ3n) is 2.74. The van der Waals surface area contributed by atoms with E-state index in [2.05, 4.69) is 24.1 Å². The highest BCUT2D eigenvalue weighted by Gasteiger charge is 2.25. The Labute approximate surface area is 104 Å². The Morgan fingerprint density at radius 2 is 2.24 bits per heavy atom. The fourth-order valence-electron chi connectivity index (χ4n) is 1.98. The van der Waals surface area contributed by atoms with Gasteiger partial charge in [-0.2, -0.15) is 0 Å². The van der Waals surface area contributed by atoms with Crippen LogP contribution in [0.4, 0.5) is 0 Å². The standard InChI is InChI=1S/C12H25N3O2/c1-9(2)5-14-12(16)8-15-6-10(3)17-11(4-13)7-15/h9-11H,4-8,13H2,1-3H3,(H,14,16). The van der Waals surface area contributed by atoms with Gasteiger partial charge in [0.05, 0.1) is 18.8 Å². The van der Waals surface area contributed by atoms with E-state index in [4.69, 9.17) is 10.5 Å². The molecule has 0 bridgehead atoms. The van der Waals surface area contributed by atoms with E-state index in [1.807, 2.05) is 6.92 Å². The minimum Gasteiger partial charge on any atom is -0.371 e. The predicted molar refractivity (Wildman–Crippen MR) is 67.7 cm³/mol. The molecule has 1 rings (SSSR count). The zero-order valence-corrected chi connectivity index (χ0v) is 11.1. The van der Waals surface area contributed by atoms with Crippen LogP contribution in [0.1, 0.15) is 20.8 Å². The van der Waals surface area contributed by atoms with Crippen LogP contribution in [0.2, 0.25) is 0 Å². The second kappa shape index (κ2) is 6.93. The molecule has 5 nitrogen and oxygen atoms in total. The molecule has 0 aromatic rings. The topological polar surface area (TPSA) is 67.6 Å². The van der Waals surface area contributed by atoms with Gasteiger partial charge in [-0.05, 0) is 12.8 Å². The van der Waals surface area contributed by atoms with Crippen LogP contribution in [0.5, 0.6) is 0 Å². The summed E-state index contributed by atoms with van der Waals surface area (Å²) in [5.41, 5.74) is 5.60. The second-order valence-corrected chi connectivity index (χ2v) is 5.20. The third-order valence-corrected chi connectivity index (χ3v) is 2.74. The number of hydrogen-bond donors (Lipinski definition) is 2. The number of carbonyl (C=O) groups is 1. The van der Waals surface area contributed by atoms with E-state index in [9.17, 15) is 4.79 Å². The SMILES string of the molecule is CC(C)CNC(=O)CN1CC(C)OC(CN)C1. The van der Waals surface area contributed by atoms with Crippen LogP contribution in [0.3, 0.4) is 0 Å². The minimum atomic E-state index is 0.0525. The van der Waals surface area contributed by atoms with Gasteiger partial charge in [-0.25, -0.2) is 0 Å². The van der Waals surface area contributed by atoms with Crippen molar-refractivity contribution < 1.29 is 9.53 Å². The molecule has 1 amide bonds. The van der Waals surface area contributed by atoms with E-state index >= 15 is 0 Å². The van der Waals surface area contributed by atoms with Crippen LogP contribution in [-0.4, -0.2) is 55.7 Å². The molecular formula is C12H25N3O2. The number of nitrogens with zero attached hydrogens (tertiary/aromatic N) is 1. The molecule has 0 saturated carbocycles. The molecule has 5 heteroatoms. The van der Waals surface area contributed by atoms with E-state index in [-0.39, 0.29) is 18.1 Å². The molecular weight excluding hydrogens is 218 g/mol. The molecule has 1 aliphatic heterocycles. The van der Waals surface area contributed by atoms with Gasteiger partial charge in [0.1, 0.15) is 0 Å². The monoisotopic (exact) mass is 243 g/mol. The zero-order chi connectivity index (χ0) is 12.8. The Morgan fingerprint density at radius 3 is 2.82 bits per heavy atom. The maximum atomic E-state index is 11.7. The third kappa shape index (κ3) is 5.48. The van der Waals surface area contributed by atoms with Gasteiger partial charge in [-0.3, -0.25) is 9.69 Å². The van der Waals surface area contributed by atoms with Crippen LogP contribution in [0.25, 0.3) is 0 Å². The number of carbonyl (C=O) groups excluding carboxylic acids is 1. The van der Waals surface area contributed by atoms with Crippen molar-refractivity contribution >= 4 is 5.91 Å². The van der Waals surface area contributed by atoms with Gasteiger partial charge in [-0.15, -0.1) is 0 Å². The Hall–Kier alpha value is -0.650. The lowest BCUT2D eigenvalue weighted by molar-refractivity contribution is -0.126. The molecule has 0 spiro atoms. The van der Waals surface area contributed by atoms with Crippen molar-refractivity contribution in [3.8, 4) is 0 Å². The number of nitrogens with two attached hydrogens (primary N) is 1. The normalized spacial score (nSPS) is 26.2. The molecule has 100 valence electrons. The summed E-state index contributed by atoms with van der Waals surface area (Å²) in [6.45, 7) is 9.41. The first-order chi connectivity index (χ1) is 8.01. The highest BCUT2D eigenvalue weighted by Crippen LogP contribution is 2.09. The summed E-state index contributed by atoms with van der Waals surface area (Å²) < 4.78 is 5.65. The smallest absolute Gasteiger partial charge is 0.234 e. The number of ether oxygens (including phenoxy) is 1. The van der Waals surface area contributed by atoms with Gasteiger partial charge in [0.15, 0.2) is 0 Å². The maximum Gasteiger partial charge on any atom is 0.234 e. The Balaban J connectivity index is 2.32. The molecule has 1 saturated heterocycles. The summed E-state index contributed by atoms with van der Waals surface area (Å²) in [7, 11) is 0. The lowest BCUT2D eigenvalue weighted by Crippen LogP contribution is -2.52. The second-order valence-electron chi connectivity index (χ2n) is 5.20. The highest BCUT2D eigenvalue weighted by atomic mass is 16.5. The molecule has 0 aliphatic carbocycles. The van der Waals surface area contributed by atoms with Gasteiger partial charge in [0.2, 0.25) is 5.91 Å². The van der Waals surface area contributed by atoms with Crippen LogP contribution in [0.15, 0.2) is 0 Å². The first kappa shape index (κ1) is 14.4. The predicted octanol–water partition coefficient (Wildman–Crippen LogP) is -0.193. The van der Waals surface area contributed by atoms with Crippen molar-refractivity contribution in [2.45, 2.75) is 33.0 Å². The van der Waals surface area contributed by atoms with Crippen molar-refractivity contribution in [1.29, 1.82) is 0 Å². The van der Waals surface area contributed by atoms with E-state index in [1.165, 1.54) is 0 Å². The molecule has 3 N–H and O–H groups in total. The summed E-state index contributed by atoms with van der Waals surface area (Å²) in [6.07, 6.45) is 0.201. The molecule has 1 heterocycles. The van der Waals surface area contributed by atoms with Crippen LogP contribution in [-0.2, 0) is 9.53 Å². The fraction of sp³-hybridized carbons (Fsp3) is 0.917. The summed E-state index contributed by atoms with van der Waals surface area (Å²) in [5.74, 6) is 0.572. The Morgan fingerprint density at radius 1 is 1.53 bits per heavy atom. The van der Waals surface area contributed by atoms with Crippen molar-refractivity contribution in [3.63, 3.8) is 0 Å². The van der Waals surface area contributed by atoms with Crippen molar-refractivity contribution in [2.75, 3.05) is 32.7 Å². The summed E-state index contributed by atoms with van der Waals surface area (Å²) in [5, 5.41) is 2.92. The lowest BCUT2D eigenvalue weighted by Gasteiger charge is -2.35. The van der Waals surface area contributed by atoms with Gasteiger partial charge in [0, 0.05) is 26.2 Å². The van der Waals surface area contributed by atoms with Crippen molar-refractivity contribution in [3.05, 3.63) is 0 Å². The number of amides is 1. The molecule has 1 fully saturated rings.